The normalized spacial score (nSPS) is 11.7. The topological polar surface area (TPSA) is 90.7 Å². The van der Waals surface area contributed by atoms with Gasteiger partial charge in [0.1, 0.15) is 5.75 Å². The summed E-state index contributed by atoms with van der Waals surface area (Å²) in [5, 5.41) is 14.1. The van der Waals surface area contributed by atoms with Crippen LogP contribution in [0, 0.1) is 16.0 Å². The summed E-state index contributed by atoms with van der Waals surface area (Å²) < 4.78 is 10.3. The monoisotopic (exact) mass is 358 g/mol. The Balaban J connectivity index is 2.05. The van der Waals surface area contributed by atoms with E-state index in [4.69, 9.17) is 9.47 Å². The molecule has 0 saturated carbocycles. The van der Waals surface area contributed by atoms with Crippen LogP contribution in [0.1, 0.15) is 25.5 Å². The van der Waals surface area contributed by atoms with Crippen molar-refractivity contribution in [2.75, 3.05) is 13.7 Å². The van der Waals surface area contributed by atoms with E-state index in [1.165, 1.54) is 19.2 Å². The van der Waals surface area contributed by atoms with Crippen LogP contribution in [0.5, 0.6) is 11.5 Å². The summed E-state index contributed by atoms with van der Waals surface area (Å²) in [6.07, 6.45) is 0. The van der Waals surface area contributed by atoms with Crippen molar-refractivity contribution in [2.24, 2.45) is 5.92 Å². The first kappa shape index (κ1) is 19.2. The molecule has 2 rings (SSSR count). The summed E-state index contributed by atoms with van der Waals surface area (Å²) in [6.45, 7) is 3.70. The number of methoxy groups -OCH3 is 1. The number of nitro benzene ring substituents is 1. The largest absolute Gasteiger partial charge is 0.496 e. The molecule has 138 valence electrons. The Morgan fingerprint density at radius 1 is 1.19 bits per heavy atom. The van der Waals surface area contributed by atoms with Gasteiger partial charge >= 0.3 is 5.69 Å². The van der Waals surface area contributed by atoms with Gasteiger partial charge in [-0.05, 0) is 23.6 Å². The van der Waals surface area contributed by atoms with E-state index in [2.05, 4.69) is 5.32 Å². The molecule has 1 N–H and O–H groups in total. The lowest BCUT2D eigenvalue weighted by molar-refractivity contribution is -0.385. The molecule has 0 saturated heterocycles. The van der Waals surface area contributed by atoms with Crippen molar-refractivity contribution in [3.05, 3.63) is 64.2 Å². The average molecular weight is 358 g/mol. The minimum absolute atomic E-state index is 0.0201. The Hall–Kier alpha value is -3.09. The molecular weight excluding hydrogens is 336 g/mol. The summed E-state index contributed by atoms with van der Waals surface area (Å²) in [4.78, 5) is 22.9. The highest BCUT2D eigenvalue weighted by Crippen LogP contribution is 2.31. The molecule has 0 heterocycles. The van der Waals surface area contributed by atoms with Gasteiger partial charge in [-0.1, -0.05) is 44.2 Å². The molecule has 0 aliphatic heterocycles. The molecule has 7 nitrogen and oxygen atoms in total. The van der Waals surface area contributed by atoms with Gasteiger partial charge in [0.05, 0.1) is 24.1 Å². The van der Waals surface area contributed by atoms with Gasteiger partial charge in [0.2, 0.25) is 0 Å². The maximum absolute atomic E-state index is 12.3. The van der Waals surface area contributed by atoms with Crippen LogP contribution >= 0.6 is 0 Å². The van der Waals surface area contributed by atoms with Crippen LogP contribution < -0.4 is 14.8 Å². The second kappa shape index (κ2) is 8.84. The van der Waals surface area contributed by atoms with Crippen molar-refractivity contribution >= 4 is 11.6 Å². The number of rotatable bonds is 8. The summed E-state index contributed by atoms with van der Waals surface area (Å²) in [6, 6.07) is 13.7. The Bertz CT molecular complexity index is 762. The molecule has 26 heavy (non-hydrogen) atoms. The van der Waals surface area contributed by atoms with Gasteiger partial charge in [0.25, 0.3) is 5.91 Å². The second-order valence-electron chi connectivity index (χ2n) is 6.08. The van der Waals surface area contributed by atoms with E-state index in [1.807, 2.05) is 44.2 Å². The maximum atomic E-state index is 12.3. The van der Waals surface area contributed by atoms with Crippen LogP contribution in [-0.4, -0.2) is 24.5 Å². The quantitative estimate of drug-likeness (QED) is 0.576. The minimum Gasteiger partial charge on any atom is -0.496 e. The fraction of sp³-hybridized carbons (Fsp3) is 0.316. The van der Waals surface area contributed by atoms with Crippen molar-refractivity contribution in [3.8, 4) is 11.5 Å². The average Bonchev–Trinajstić information content (AvgIpc) is 2.64. The molecule has 2 aromatic rings. The predicted molar refractivity (Wildman–Crippen MR) is 97.3 cm³/mol. The number of nitrogens with one attached hydrogen (secondary N) is 1. The fourth-order valence-electron chi connectivity index (χ4n) is 2.54. The molecule has 0 fully saturated rings. The van der Waals surface area contributed by atoms with Gasteiger partial charge in [-0.3, -0.25) is 14.9 Å². The van der Waals surface area contributed by atoms with Crippen LogP contribution in [0.25, 0.3) is 0 Å². The zero-order valence-electron chi connectivity index (χ0n) is 15.0. The fourth-order valence-corrected chi connectivity index (χ4v) is 2.54. The van der Waals surface area contributed by atoms with Crippen molar-refractivity contribution < 1.29 is 19.2 Å². The first-order valence-electron chi connectivity index (χ1n) is 8.22. The summed E-state index contributed by atoms with van der Waals surface area (Å²) in [5.74, 6) is 0.193. The highest BCUT2D eigenvalue weighted by molar-refractivity contribution is 5.78. The molecule has 1 amide bonds. The van der Waals surface area contributed by atoms with Crippen LogP contribution in [0.15, 0.2) is 48.5 Å². The van der Waals surface area contributed by atoms with Gasteiger partial charge in [-0.25, -0.2) is 0 Å². The van der Waals surface area contributed by atoms with E-state index in [1.54, 1.807) is 6.07 Å². The number of amides is 1. The van der Waals surface area contributed by atoms with Crippen molar-refractivity contribution in [3.63, 3.8) is 0 Å². The van der Waals surface area contributed by atoms with Crippen LogP contribution in [0.3, 0.4) is 0 Å². The third kappa shape index (κ3) is 4.95. The lowest BCUT2D eigenvalue weighted by Gasteiger charge is -2.23. The smallest absolute Gasteiger partial charge is 0.314 e. The van der Waals surface area contributed by atoms with Crippen molar-refractivity contribution in [2.45, 2.75) is 19.9 Å². The Morgan fingerprint density at radius 2 is 1.88 bits per heavy atom. The van der Waals surface area contributed by atoms with E-state index >= 15 is 0 Å². The number of hydrogen-bond donors (Lipinski definition) is 1. The van der Waals surface area contributed by atoms with Gasteiger partial charge in [0.15, 0.2) is 12.4 Å². The number of nitrogens with zero attached hydrogens (tertiary/aromatic N) is 1. The molecular formula is C19H22N2O5. The lowest BCUT2D eigenvalue weighted by Crippen LogP contribution is -2.35. The third-order valence-corrected chi connectivity index (χ3v) is 3.86. The minimum atomic E-state index is -0.573. The highest BCUT2D eigenvalue weighted by atomic mass is 16.6. The number of benzene rings is 2. The van der Waals surface area contributed by atoms with Crippen LogP contribution in [0.2, 0.25) is 0 Å². The second-order valence-corrected chi connectivity index (χ2v) is 6.08. The van der Waals surface area contributed by atoms with Crippen LogP contribution in [-0.2, 0) is 4.79 Å². The van der Waals surface area contributed by atoms with Gasteiger partial charge < -0.3 is 14.8 Å². The van der Waals surface area contributed by atoms with Crippen LogP contribution in [0.4, 0.5) is 5.69 Å². The zero-order valence-corrected chi connectivity index (χ0v) is 15.0. The van der Waals surface area contributed by atoms with Gasteiger partial charge in [-0.15, -0.1) is 0 Å². The molecule has 0 aliphatic carbocycles. The number of hydrogen-bond acceptors (Lipinski definition) is 5. The Kier molecular flexibility index (Phi) is 6.54. The van der Waals surface area contributed by atoms with E-state index in [-0.39, 0.29) is 35.9 Å². The predicted octanol–water partition coefficient (Wildman–Crippen LogP) is 3.50. The first-order chi connectivity index (χ1) is 12.4. The molecule has 1 unspecified atom stereocenters. The first-order valence-corrected chi connectivity index (χ1v) is 8.22. The zero-order chi connectivity index (χ0) is 19.1. The van der Waals surface area contributed by atoms with Crippen molar-refractivity contribution in [1.82, 2.24) is 5.32 Å². The molecule has 0 bridgehead atoms. The number of nitro groups is 1. The van der Waals surface area contributed by atoms with E-state index in [9.17, 15) is 14.9 Å². The number of carbonyl (C=O) groups is 1. The SMILES string of the molecule is COc1ccc(OCC(=O)NC(c2ccccc2)C(C)C)c([N+](=O)[O-])c1. The lowest BCUT2D eigenvalue weighted by atomic mass is 9.96. The van der Waals surface area contributed by atoms with Gasteiger partial charge in [0, 0.05) is 0 Å². The molecule has 7 heteroatoms. The van der Waals surface area contributed by atoms with Gasteiger partial charge in [-0.2, -0.15) is 0 Å². The Morgan fingerprint density at radius 3 is 2.46 bits per heavy atom. The number of carbonyl (C=O) groups excluding carboxylic acids is 1. The van der Waals surface area contributed by atoms with E-state index < -0.39 is 4.92 Å². The van der Waals surface area contributed by atoms with E-state index in [0.717, 1.165) is 5.56 Å². The van der Waals surface area contributed by atoms with Crippen molar-refractivity contribution in [1.29, 1.82) is 0 Å². The molecule has 0 spiro atoms. The molecule has 0 radical (unpaired) electrons. The molecule has 0 aromatic heterocycles. The summed E-state index contributed by atoms with van der Waals surface area (Å²) in [7, 11) is 1.42. The maximum Gasteiger partial charge on any atom is 0.314 e. The Labute approximate surface area is 152 Å². The van der Waals surface area contributed by atoms with E-state index in [0.29, 0.717) is 5.75 Å². The third-order valence-electron chi connectivity index (χ3n) is 3.86. The number of ether oxygens (including phenoxy) is 2. The molecule has 2 aromatic carbocycles. The molecule has 0 aliphatic rings. The molecule has 1 atom stereocenters. The summed E-state index contributed by atoms with van der Waals surface area (Å²) in [5.41, 5.74) is 0.742. The summed E-state index contributed by atoms with van der Waals surface area (Å²) >= 11 is 0. The standard InChI is InChI=1S/C19H22N2O5/c1-13(2)19(14-7-5-4-6-8-14)20-18(22)12-26-17-10-9-15(25-3)11-16(17)21(23)24/h4-11,13,19H,12H2,1-3H3,(H,20,22). The highest BCUT2D eigenvalue weighted by Gasteiger charge is 2.20.